The maximum absolute atomic E-state index is 12.3. The number of nitrogens with one attached hydrogen (secondary N) is 1. The number of pyridine rings is 2. The Labute approximate surface area is 151 Å². The third kappa shape index (κ3) is 3.70. The molecule has 8 heteroatoms. The van der Waals surface area contributed by atoms with Gasteiger partial charge in [0, 0.05) is 24.7 Å². The second-order valence-electron chi connectivity index (χ2n) is 6.62. The van der Waals surface area contributed by atoms with Gasteiger partial charge in [-0.15, -0.1) is 5.10 Å². The van der Waals surface area contributed by atoms with Crippen molar-refractivity contribution in [2.75, 3.05) is 25.0 Å². The Morgan fingerprint density at radius 2 is 2.04 bits per heavy atom. The van der Waals surface area contributed by atoms with Crippen molar-refractivity contribution in [3.8, 4) is 11.4 Å². The van der Waals surface area contributed by atoms with Crippen LogP contribution in [0.2, 0.25) is 0 Å². The van der Waals surface area contributed by atoms with Crippen molar-refractivity contribution >= 4 is 22.6 Å². The van der Waals surface area contributed by atoms with E-state index in [1.54, 1.807) is 16.9 Å². The van der Waals surface area contributed by atoms with E-state index in [-0.39, 0.29) is 5.91 Å². The number of nitrogens with zero attached hydrogens (tertiary/aromatic N) is 6. The maximum Gasteiger partial charge on any atom is 0.239 e. The third-order valence-corrected chi connectivity index (χ3v) is 4.52. The topological polar surface area (TPSA) is 88.8 Å². The monoisotopic (exact) mass is 351 g/mol. The van der Waals surface area contributed by atoms with Gasteiger partial charge in [-0.1, -0.05) is 11.6 Å². The Hall–Kier alpha value is -2.87. The Balaban J connectivity index is 1.51. The first-order valence-corrected chi connectivity index (χ1v) is 8.83. The van der Waals surface area contributed by atoms with Crippen LogP contribution < -0.4 is 5.32 Å². The first kappa shape index (κ1) is 16.6. The molecule has 0 aromatic carbocycles. The van der Waals surface area contributed by atoms with Gasteiger partial charge < -0.3 is 5.32 Å². The number of hydrogen-bond acceptors (Lipinski definition) is 6. The van der Waals surface area contributed by atoms with Crippen LogP contribution in [0.15, 0.2) is 30.6 Å². The number of piperidine rings is 1. The van der Waals surface area contributed by atoms with E-state index < -0.39 is 0 Å². The molecule has 8 nitrogen and oxygen atoms in total. The Morgan fingerprint density at radius 3 is 2.81 bits per heavy atom. The molecule has 1 fully saturated rings. The van der Waals surface area contributed by atoms with Crippen molar-refractivity contribution in [1.82, 2.24) is 29.9 Å². The number of likely N-dealkylation sites (tertiary alicyclic amines) is 1. The summed E-state index contributed by atoms with van der Waals surface area (Å²) < 4.78 is 1.64. The molecule has 1 N–H and O–H groups in total. The zero-order valence-corrected chi connectivity index (χ0v) is 14.7. The average Bonchev–Trinajstić information content (AvgIpc) is 3.08. The molecule has 0 unspecified atom stereocenters. The van der Waals surface area contributed by atoms with Gasteiger partial charge in [-0.05, 0) is 38.1 Å². The fourth-order valence-corrected chi connectivity index (χ4v) is 3.20. The SMILES string of the molecule is Cn1cc(-c2ccc3cnc(NC(=O)CN4CCCCC4)cc3n2)nn1. The highest BCUT2D eigenvalue weighted by atomic mass is 16.2. The van der Waals surface area contributed by atoms with Gasteiger partial charge >= 0.3 is 0 Å². The van der Waals surface area contributed by atoms with E-state index in [9.17, 15) is 4.79 Å². The van der Waals surface area contributed by atoms with Crippen molar-refractivity contribution in [1.29, 1.82) is 0 Å². The van der Waals surface area contributed by atoms with E-state index >= 15 is 0 Å². The molecular weight excluding hydrogens is 330 g/mol. The number of carbonyl (C=O) groups excluding carboxylic acids is 1. The second kappa shape index (κ2) is 7.17. The molecule has 4 rings (SSSR count). The Morgan fingerprint density at radius 1 is 1.19 bits per heavy atom. The van der Waals surface area contributed by atoms with E-state index in [1.165, 1.54) is 6.42 Å². The summed E-state index contributed by atoms with van der Waals surface area (Å²) in [7, 11) is 1.82. The van der Waals surface area contributed by atoms with Gasteiger partial charge in [0.2, 0.25) is 5.91 Å². The summed E-state index contributed by atoms with van der Waals surface area (Å²) in [6.45, 7) is 2.38. The van der Waals surface area contributed by atoms with Crippen LogP contribution in [0, 0.1) is 0 Å². The zero-order valence-electron chi connectivity index (χ0n) is 14.7. The summed E-state index contributed by atoms with van der Waals surface area (Å²) in [6.07, 6.45) is 7.12. The summed E-state index contributed by atoms with van der Waals surface area (Å²) in [5.41, 5.74) is 2.21. The molecular formula is C18H21N7O. The lowest BCUT2D eigenvalue weighted by Crippen LogP contribution is -2.36. The number of fused-ring (bicyclic) bond motifs is 1. The van der Waals surface area contributed by atoms with Crippen LogP contribution in [0.1, 0.15) is 19.3 Å². The molecule has 1 aliphatic heterocycles. The molecule has 3 aromatic rings. The molecule has 1 amide bonds. The van der Waals surface area contributed by atoms with Gasteiger partial charge in [-0.25, -0.2) is 9.97 Å². The molecule has 0 saturated carbocycles. The molecule has 0 bridgehead atoms. The smallest absolute Gasteiger partial charge is 0.239 e. The van der Waals surface area contributed by atoms with Crippen LogP contribution >= 0.6 is 0 Å². The predicted molar refractivity (Wildman–Crippen MR) is 98.5 cm³/mol. The van der Waals surface area contributed by atoms with Gasteiger partial charge in [0.25, 0.3) is 0 Å². The van der Waals surface area contributed by atoms with Crippen molar-refractivity contribution in [2.24, 2.45) is 7.05 Å². The van der Waals surface area contributed by atoms with E-state index in [1.807, 2.05) is 25.4 Å². The summed E-state index contributed by atoms with van der Waals surface area (Å²) in [5, 5.41) is 11.8. The van der Waals surface area contributed by atoms with E-state index in [2.05, 4.69) is 30.5 Å². The molecule has 26 heavy (non-hydrogen) atoms. The van der Waals surface area contributed by atoms with E-state index in [0.717, 1.165) is 42.5 Å². The van der Waals surface area contributed by atoms with Crippen LogP contribution in [0.3, 0.4) is 0 Å². The van der Waals surface area contributed by atoms with Crippen LogP contribution in [-0.4, -0.2) is 55.4 Å². The van der Waals surface area contributed by atoms with Crippen molar-refractivity contribution in [2.45, 2.75) is 19.3 Å². The molecule has 3 aromatic heterocycles. The molecule has 4 heterocycles. The van der Waals surface area contributed by atoms with Gasteiger partial charge in [0.05, 0.1) is 24.0 Å². The quantitative estimate of drug-likeness (QED) is 0.772. The molecule has 0 aliphatic carbocycles. The highest BCUT2D eigenvalue weighted by Crippen LogP contribution is 2.20. The van der Waals surface area contributed by atoms with E-state index in [0.29, 0.717) is 18.1 Å². The number of rotatable bonds is 4. The number of hydrogen-bond donors (Lipinski definition) is 1. The third-order valence-electron chi connectivity index (χ3n) is 4.52. The average molecular weight is 351 g/mol. The highest BCUT2D eigenvalue weighted by Gasteiger charge is 2.14. The fourth-order valence-electron chi connectivity index (χ4n) is 3.20. The van der Waals surface area contributed by atoms with E-state index in [4.69, 9.17) is 0 Å². The largest absolute Gasteiger partial charge is 0.310 e. The van der Waals surface area contributed by atoms with Crippen LogP contribution in [-0.2, 0) is 11.8 Å². The minimum Gasteiger partial charge on any atom is -0.310 e. The predicted octanol–water partition coefficient (Wildman–Crippen LogP) is 1.85. The molecule has 0 spiro atoms. The minimum absolute atomic E-state index is 0.0381. The number of aromatic nitrogens is 5. The summed E-state index contributed by atoms with van der Waals surface area (Å²) >= 11 is 0. The van der Waals surface area contributed by atoms with Crippen LogP contribution in [0.25, 0.3) is 22.3 Å². The minimum atomic E-state index is -0.0381. The molecule has 1 aliphatic rings. The summed E-state index contributed by atoms with van der Waals surface area (Å²) in [4.78, 5) is 23.4. The van der Waals surface area contributed by atoms with Crippen molar-refractivity contribution in [3.05, 3.63) is 30.6 Å². The summed E-state index contributed by atoms with van der Waals surface area (Å²) in [6, 6.07) is 5.63. The lowest BCUT2D eigenvalue weighted by molar-refractivity contribution is -0.117. The highest BCUT2D eigenvalue weighted by molar-refractivity contribution is 5.93. The molecule has 0 radical (unpaired) electrons. The van der Waals surface area contributed by atoms with Gasteiger partial charge in [0.1, 0.15) is 11.5 Å². The lowest BCUT2D eigenvalue weighted by atomic mass is 10.1. The Bertz CT molecular complexity index is 930. The number of aryl methyl sites for hydroxylation is 1. The standard InChI is InChI=1S/C18H21N7O/c1-24-11-16(22-23-24)14-6-5-13-10-19-17(9-15(13)20-14)21-18(26)12-25-7-3-2-4-8-25/h5-6,9-11H,2-4,7-8,12H2,1H3,(H,19,21,26). The Kier molecular flexibility index (Phi) is 4.57. The first-order chi connectivity index (χ1) is 12.7. The molecule has 0 atom stereocenters. The lowest BCUT2D eigenvalue weighted by Gasteiger charge is -2.25. The van der Waals surface area contributed by atoms with Crippen molar-refractivity contribution in [3.63, 3.8) is 0 Å². The zero-order chi connectivity index (χ0) is 17.9. The van der Waals surface area contributed by atoms with Crippen LogP contribution in [0.4, 0.5) is 5.82 Å². The number of amides is 1. The first-order valence-electron chi connectivity index (χ1n) is 8.83. The maximum atomic E-state index is 12.3. The van der Waals surface area contributed by atoms with Gasteiger partial charge in [-0.3, -0.25) is 14.4 Å². The number of carbonyl (C=O) groups is 1. The van der Waals surface area contributed by atoms with Gasteiger partial charge in [-0.2, -0.15) is 0 Å². The van der Waals surface area contributed by atoms with Crippen molar-refractivity contribution < 1.29 is 4.79 Å². The normalized spacial score (nSPS) is 15.3. The fraction of sp³-hybridized carbons (Fsp3) is 0.389. The second-order valence-corrected chi connectivity index (χ2v) is 6.62. The molecule has 134 valence electrons. The number of anilines is 1. The van der Waals surface area contributed by atoms with Gasteiger partial charge in [0.15, 0.2) is 0 Å². The molecule has 1 saturated heterocycles. The van der Waals surface area contributed by atoms with Crippen LogP contribution in [0.5, 0.6) is 0 Å². The summed E-state index contributed by atoms with van der Waals surface area (Å²) in [5.74, 6) is 0.479.